The Balaban J connectivity index is 3.29. The van der Waals surface area contributed by atoms with Gasteiger partial charge in [-0.15, -0.1) is 0 Å². The molecule has 0 aliphatic rings. The Labute approximate surface area is 148 Å². The minimum absolute atomic E-state index is 0.168. The third-order valence-electron chi connectivity index (χ3n) is 3.93. The van der Waals surface area contributed by atoms with Gasteiger partial charge in [-0.2, -0.15) is 0 Å². The van der Waals surface area contributed by atoms with Crippen molar-refractivity contribution in [1.82, 2.24) is 5.32 Å². The second kappa shape index (κ2) is 10.5. The largest absolute Gasteiger partial charge is 0.465 e. The van der Waals surface area contributed by atoms with Crippen LogP contribution in [0.25, 0.3) is 0 Å². The van der Waals surface area contributed by atoms with Gasteiger partial charge in [0, 0.05) is 12.8 Å². The lowest BCUT2D eigenvalue weighted by atomic mass is 9.80. The lowest BCUT2D eigenvalue weighted by Crippen LogP contribution is -2.42. The summed E-state index contributed by atoms with van der Waals surface area (Å²) in [5, 5.41) is 2.87. The van der Waals surface area contributed by atoms with Crippen molar-refractivity contribution in [3.05, 3.63) is 35.9 Å². The van der Waals surface area contributed by atoms with E-state index in [0.717, 1.165) is 5.56 Å². The molecule has 0 saturated heterocycles. The molecule has 2 atom stereocenters. The minimum Gasteiger partial charge on any atom is -0.465 e. The molecule has 1 aromatic carbocycles. The zero-order valence-corrected chi connectivity index (χ0v) is 15.3. The first-order valence-electron chi connectivity index (χ1n) is 8.61. The fourth-order valence-electron chi connectivity index (χ4n) is 2.89. The lowest BCUT2D eigenvalue weighted by molar-refractivity contribution is -0.165. The van der Waals surface area contributed by atoms with Crippen molar-refractivity contribution >= 4 is 17.8 Å². The molecule has 0 heterocycles. The van der Waals surface area contributed by atoms with Crippen LogP contribution in [0, 0.1) is 11.8 Å². The van der Waals surface area contributed by atoms with E-state index >= 15 is 0 Å². The third-order valence-corrected chi connectivity index (χ3v) is 3.93. The van der Waals surface area contributed by atoms with E-state index in [-0.39, 0.29) is 19.1 Å². The Kier molecular flexibility index (Phi) is 8.67. The predicted molar refractivity (Wildman–Crippen MR) is 93.5 cm³/mol. The topological polar surface area (TPSA) is 81.7 Å². The first-order valence-corrected chi connectivity index (χ1v) is 8.61. The quantitative estimate of drug-likeness (QED) is 0.547. The predicted octanol–water partition coefficient (Wildman–Crippen LogP) is 2.63. The molecule has 0 bridgehead atoms. The van der Waals surface area contributed by atoms with Gasteiger partial charge in [-0.1, -0.05) is 37.3 Å². The Bertz CT molecular complexity index is 554. The maximum absolute atomic E-state index is 12.4. The van der Waals surface area contributed by atoms with Gasteiger partial charge in [0.25, 0.3) is 0 Å². The molecule has 1 N–H and O–H groups in total. The summed E-state index contributed by atoms with van der Waals surface area (Å²) in [6.45, 7) is 6.98. The Hall–Kier alpha value is -2.37. The molecule has 1 aromatic rings. The summed E-state index contributed by atoms with van der Waals surface area (Å²) in [4.78, 5) is 36.6. The summed E-state index contributed by atoms with van der Waals surface area (Å²) in [5.41, 5.74) is 0.822. The van der Waals surface area contributed by atoms with E-state index in [1.165, 1.54) is 6.92 Å². The van der Waals surface area contributed by atoms with E-state index in [0.29, 0.717) is 6.42 Å². The summed E-state index contributed by atoms with van der Waals surface area (Å²) in [5.74, 6) is -3.07. The van der Waals surface area contributed by atoms with Crippen molar-refractivity contribution in [1.29, 1.82) is 0 Å². The highest BCUT2D eigenvalue weighted by Crippen LogP contribution is 2.33. The van der Waals surface area contributed by atoms with E-state index in [4.69, 9.17) is 9.47 Å². The number of ether oxygens (including phenoxy) is 2. The van der Waals surface area contributed by atoms with Crippen LogP contribution in [0.1, 0.15) is 45.7 Å². The van der Waals surface area contributed by atoms with Gasteiger partial charge in [0.1, 0.15) is 0 Å². The number of amides is 1. The number of hydrogen-bond acceptors (Lipinski definition) is 5. The van der Waals surface area contributed by atoms with Crippen molar-refractivity contribution in [3.8, 4) is 0 Å². The van der Waals surface area contributed by atoms with Gasteiger partial charge in [-0.25, -0.2) is 0 Å². The molecule has 0 radical (unpaired) electrons. The minimum atomic E-state index is -1.10. The fraction of sp³-hybridized carbons (Fsp3) is 0.526. The summed E-state index contributed by atoms with van der Waals surface area (Å²) in [6, 6.07) is 8.78. The van der Waals surface area contributed by atoms with Crippen LogP contribution in [0.5, 0.6) is 0 Å². The molecule has 25 heavy (non-hydrogen) atoms. The first kappa shape index (κ1) is 20.7. The monoisotopic (exact) mass is 349 g/mol. The molecule has 138 valence electrons. The summed E-state index contributed by atoms with van der Waals surface area (Å²) < 4.78 is 10.2. The van der Waals surface area contributed by atoms with Gasteiger partial charge in [-0.05, 0) is 25.8 Å². The van der Waals surface area contributed by atoms with Gasteiger partial charge in [0.05, 0.1) is 19.3 Å². The molecular weight excluding hydrogens is 322 g/mol. The van der Waals surface area contributed by atoms with Gasteiger partial charge in [0.15, 0.2) is 5.92 Å². The fourth-order valence-corrected chi connectivity index (χ4v) is 2.89. The Morgan fingerprint density at radius 3 is 1.88 bits per heavy atom. The molecule has 0 spiro atoms. The lowest BCUT2D eigenvalue weighted by Gasteiger charge is -2.31. The number of rotatable bonds is 9. The van der Waals surface area contributed by atoms with E-state index in [9.17, 15) is 14.4 Å². The standard InChI is InChI=1S/C19H27NO5/c1-5-15(16(18(22)24-6-2)19(23)25-7-3)17(20-13(4)21)14-11-9-8-10-12-14/h8-12,15-17H,5-7H2,1-4H3,(H,20,21). The molecule has 1 rings (SSSR count). The van der Waals surface area contributed by atoms with Crippen LogP contribution in [0.3, 0.4) is 0 Å². The smallest absolute Gasteiger partial charge is 0.320 e. The first-order chi connectivity index (χ1) is 12.0. The van der Waals surface area contributed by atoms with Crippen LogP contribution in [0.4, 0.5) is 0 Å². The van der Waals surface area contributed by atoms with Crippen LogP contribution in [-0.4, -0.2) is 31.1 Å². The van der Waals surface area contributed by atoms with Crippen molar-refractivity contribution in [2.24, 2.45) is 11.8 Å². The average molecular weight is 349 g/mol. The molecule has 0 fully saturated rings. The molecule has 6 nitrogen and oxygen atoms in total. The number of hydrogen-bond donors (Lipinski definition) is 1. The third kappa shape index (κ3) is 5.89. The molecule has 2 unspecified atom stereocenters. The van der Waals surface area contributed by atoms with Gasteiger partial charge < -0.3 is 14.8 Å². The highest BCUT2D eigenvalue weighted by atomic mass is 16.6. The van der Waals surface area contributed by atoms with Crippen molar-refractivity contribution in [3.63, 3.8) is 0 Å². The summed E-state index contributed by atoms with van der Waals surface area (Å²) in [7, 11) is 0. The van der Waals surface area contributed by atoms with E-state index < -0.39 is 29.8 Å². The van der Waals surface area contributed by atoms with Crippen LogP contribution >= 0.6 is 0 Å². The van der Waals surface area contributed by atoms with Crippen molar-refractivity contribution in [2.45, 2.75) is 40.2 Å². The number of benzene rings is 1. The Morgan fingerprint density at radius 2 is 1.48 bits per heavy atom. The van der Waals surface area contributed by atoms with E-state index in [2.05, 4.69) is 5.32 Å². The van der Waals surface area contributed by atoms with Crippen molar-refractivity contribution < 1.29 is 23.9 Å². The normalized spacial score (nSPS) is 13.0. The van der Waals surface area contributed by atoms with Crippen LogP contribution in [0.15, 0.2) is 30.3 Å². The summed E-state index contributed by atoms with van der Waals surface area (Å²) >= 11 is 0. The number of nitrogens with one attached hydrogen (secondary N) is 1. The second-order valence-corrected chi connectivity index (χ2v) is 5.64. The average Bonchev–Trinajstić information content (AvgIpc) is 2.58. The second-order valence-electron chi connectivity index (χ2n) is 5.64. The maximum Gasteiger partial charge on any atom is 0.320 e. The molecular formula is C19H27NO5. The maximum atomic E-state index is 12.4. The van der Waals surface area contributed by atoms with E-state index in [1.807, 2.05) is 37.3 Å². The zero-order chi connectivity index (χ0) is 18.8. The van der Waals surface area contributed by atoms with E-state index in [1.54, 1.807) is 13.8 Å². The van der Waals surface area contributed by atoms with Crippen LogP contribution in [0.2, 0.25) is 0 Å². The number of carbonyl (C=O) groups excluding carboxylic acids is 3. The molecule has 6 heteroatoms. The number of esters is 2. The van der Waals surface area contributed by atoms with Gasteiger partial charge in [0.2, 0.25) is 5.91 Å². The highest BCUT2D eigenvalue weighted by Gasteiger charge is 2.41. The molecule has 0 aliphatic carbocycles. The van der Waals surface area contributed by atoms with Crippen molar-refractivity contribution in [2.75, 3.05) is 13.2 Å². The number of carbonyl (C=O) groups is 3. The van der Waals surface area contributed by atoms with Crippen LogP contribution < -0.4 is 5.32 Å². The Morgan fingerprint density at radius 1 is 0.960 bits per heavy atom. The SMILES string of the molecule is CCOC(=O)C(C(=O)OCC)C(CC)C(NC(C)=O)c1ccccc1. The molecule has 0 saturated carbocycles. The molecule has 0 aliphatic heterocycles. The van der Waals surface area contributed by atoms with Gasteiger partial charge >= 0.3 is 11.9 Å². The zero-order valence-electron chi connectivity index (χ0n) is 15.3. The highest BCUT2D eigenvalue weighted by molar-refractivity contribution is 5.95. The molecule has 1 amide bonds. The summed E-state index contributed by atoms with van der Waals surface area (Å²) in [6.07, 6.45) is 0.488. The molecule has 0 aromatic heterocycles. The van der Waals surface area contributed by atoms with Crippen LogP contribution in [-0.2, 0) is 23.9 Å². The van der Waals surface area contributed by atoms with Gasteiger partial charge in [-0.3, -0.25) is 14.4 Å².